The zero-order valence-electron chi connectivity index (χ0n) is 15.7. The minimum absolute atomic E-state index is 0.144. The van der Waals surface area contributed by atoms with Gasteiger partial charge < -0.3 is 4.90 Å². The standard InChI is InChI=1S/C21H24N2O3S/c1-14-5-3-8-19(15(14)2)22-27(25,26)18-9-10-20-17(13-18)11-12-23(20)21(24)16-6-4-7-16/h3,5,8-10,13,16,22H,4,6-7,11-12H2,1-2H3. The highest BCUT2D eigenvalue weighted by Gasteiger charge is 2.33. The number of anilines is 2. The number of hydrogen-bond acceptors (Lipinski definition) is 3. The van der Waals surface area contributed by atoms with Gasteiger partial charge >= 0.3 is 0 Å². The third-order valence-corrected chi connectivity index (χ3v) is 7.19. The predicted molar refractivity (Wildman–Crippen MR) is 107 cm³/mol. The van der Waals surface area contributed by atoms with Crippen LogP contribution in [0.1, 0.15) is 36.0 Å². The Bertz CT molecular complexity index is 1010. The summed E-state index contributed by atoms with van der Waals surface area (Å²) in [4.78, 5) is 14.6. The quantitative estimate of drug-likeness (QED) is 0.872. The molecule has 0 aromatic heterocycles. The van der Waals surface area contributed by atoms with Crippen molar-refractivity contribution in [1.29, 1.82) is 0 Å². The average molecular weight is 385 g/mol. The molecule has 4 rings (SSSR count). The van der Waals surface area contributed by atoms with Gasteiger partial charge in [0.05, 0.1) is 10.6 Å². The number of carbonyl (C=O) groups is 1. The Hall–Kier alpha value is -2.34. The first-order chi connectivity index (χ1) is 12.9. The van der Waals surface area contributed by atoms with Crippen LogP contribution in [0.4, 0.5) is 11.4 Å². The highest BCUT2D eigenvalue weighted by molar-refractivity contribution is 7.92. The minimum Gasteiger partial charge on any atom is -0.312 e. The Kier molecular flexibility index (Phi) is 4.46. The molecule has 1 N–H and O–H groups in total. The van der Waals surface area contributed by atoms with Gasteiger partial charge in [-0.2, -0.15) is 0 Å². The molecule has 2 aromatic rings. The summed E-state index contributed by atoms with van der Waals surface area (Å²) in [7, 11) is -3.68. The molecule has 0 atom stereocenters. The van der Waals surface area contributed by atoms with Gasteiger partial charge in [-0.1, -0.05) is 18.6 Å². The average Bonchev–Trinajstić information content (AvgIpc) is 3.00. The van der Waals surface area contributed by atoms with Gasteiger partial charge in [-0.05, 0) is 74.1 Å². The third-order valence-electron chi connectivity index (χ3n) is 5.83. The molecular formula is C21H24N2O3S. The van der Waals surface area contributed by atoms with E-state index < -0.39 is 10.0 Å². The number of fused-ring (bicyclic) bond motifs is 1. The van der Waals surface area contributed by atoms with Crippen molar-refractivity contribution in [3.05, 3.63) is 53.1 Å². The predicted octanol–water partition coefficient (Wildman–Crippen LogP) is 3.79. The normalized spacial score (nSPS) is 16.7. The molecule has 0 spiro atoms. The summed E-state index contributed by atoms with van der Waals surface area (Å²) >= 11 is 0. The Morgan fingerprint density at radius 3 is 2.63 bits per heavy atom. The number of nitrogens with one attached hydrogen (secondary N) is 1. The first-order valence-electron chi connectivity index (χ1n) is 9.40. The highest BCUT2D eigenvalue weighted by Crippen LogP contribution is 2.35. The third kappa shape index (κ3) is 3.23. The number of amides is 1. The molecule has 1 aliphatic carbocycles. The van der Waals surface area contributed by atoms with E-state index in [0.29, 0.717) is 18.7 Å². The number of hydrogen-bond donors (Lipinski definition) is 1. The summed E-state index contributed by atoms with van der Waals surface area (Å²) < 4.78 is 28.4. The maximum Gasteiger partial charge on any atom is 0.261 e. The van der Waals surface area contributed by atoms with Crippen molar-refractivity contribution in [2.45, 2.75) is 44.4 Å². The van der Waals surface area contributed by atoms with E-state index in [1.54, 1.807) is 24.3 Å². The fraction of sp³-hybridized carbons (Fsp3) is 0.381. The molecule has 0 saturated heterocycles. The molecule has 5 nitrogen and oxygen atoms in total. The lowest BCUT2D eigenvalue weighted by Crippen LogP contribution is -2.37. The molecular weight excluding hydrogens is 360 g/mol. The van der Waals surface area contributed by atoms with E-state index in [9.17, 15) is 13.2 Å². The largest absolute Gasteiger partial charge is 0.312 e. The molecule has 2 aliphatic rings. The first-order valence-corrected chi connectivity index (χ1v) is 10.9. The van der Waals surface area contributed by atoms with Crippen molar-refractivity contribution in [2.24, 2.45) is 5.92 Å². The first kappa shape index (κ1) is 18.0. The second-order valence-corrected chi connectivity index (χ2v) is 9.19. The fourth-order valence-electron chi connectivity index (χ4n) is 3.72. The molecule has 1 amide bonds. The lowest BCUT2D eigenvalue weighted by Gasteiger charge is -2.29. The van der Waals surface area contributed by atoms with Gasteiger partial charge in [-0.3, -0.25) is 9.52 Å². The van der Waals surface area contributed by atoms with Gasteiger partial charge in [0, 0.05) is 18.2 Å². The molecule has 0 unspecified atom stereocenters. The fourth-order valence-corrected chi connectivity index (χ4v) is 4.89. The van der Waals surface area contributed by atoms with Gasteiger partial charge in [0.25, 0.3) is 10.0 Å². The van der Waals surface area contributed by atoms with E-state index in [0.717, 1.165) is 41.6 Å². The van der Waals surface area contributed by atoms with Crippen molar-refractivity contribution in [2.75, 3.05) is 16.2 Å². The summed E-state index contributed by atoms with van der Waals surface area (Å²) in [5, 5.41) is 0. The zero-order chi connectivity index (χ0) is 19.2. The van der Waals surface area contributed by atoms with E-state index in [1.165, 1.54) is 0 Å². The van der Waals surface area contributed by atoms with Crippen molar-refractivity contribution >= 4 is 27.3 Å². The summed E-state index contributed by atoms with van der Waals surface area (Å²) in [6.07, 6.45) is 3.76. The zero-order valence-corrected chi connectivity index (χ0v) is 16.5. The van der Waals surface area contributed by atoms with Crippen LogP contribution in [-0.2, 0) is 21.2 Å². The van der Waals surface area contributed by atoms with Crippen LogP contribution < -0.4 is 9.62 Å². The molecule has 1 fully saturated rings. The summed E-state index contributed by atoms with van der Waals surface area (Å²) in [5.41, 5.74) is 4.33. The van der Waals surface area contributed by atoms with Crippen molar-refractivity contribution < 1.29 is 13.2 Å². The van der Waals surface area contributed by atoms with Crippen LogP contribution in [0.25, 0.3) is 0 Å². The molecule has 0 bridgehead atoms. The topological polar surface area (TPSA) is 66.5 Å². The van der Waals surface area contributed by atoms with Gasteiger partial charge in [0.1, 0.15) is 0 Å². The van der Waals surface area contributed by atoms with Crippen LogP contribution in [0.3, 0.4) is 0 Å². The van der Waals surface area contributed by atoms with Crippen LogP contribution >= 0.6 is 0 Å². The number of nitrogens with zero attached hydrogens (tertiary/aromatic N) is 1. The molecule has 142 valence electrons. The Morgan fingerprint density at radius 1 is 1.15 bits per heavy atom. The summed E-state index contributed by atoms with van der Waals surface area (Å²) in [5.74, 6) is 0.328. The van der Waals surface area contributed by atoms with Gasteiger partial charge in [0.15, 0.2) is 0 Å². The number of rotatable bonds is 4. The molecule has 27 heavy (non-hydrogen) atoms. The van der Waals surface area contributed by atoms with Gasteiger partial charge in [0.2, 0.25) is 5.91 Å². The van der Waals surface area contributed by atoms with Crippen LogP contribution in [0, 0.1) is 19.8 Å². The van der Waals surface area contributed by atoms with Crippen LogP contribution in [0.15, 0.2) is 41.3 Å². The number of benzene rings is 2. The second-order valence-electron chi connectivity index (χ2n) is 7.51. The van der Waals surface area contributed by atoms with Crippen LogP contribution in [0.2, 0.25) is 0 Å². The highest BCUT2D eigenvalue weighted by atomic mass is 32.2. The number of aryl methyl sites for hydroxylation is 1. The second kappa shape index (κ2) is 6.68. The maximum absolute atomic E-state index is 12.9. The number of sulfonamides is 1. The van der Waals surface area contributed by atoms with Crippen molar-refractivity contribution in [1.82, 2.24) is 0 Å². The van der Waals surface area contributed by atoms with Crippen LogP contribution in [-0.4, -0.2) is 20.9 Å². The molecule has 1 heterocycles. The molecule has 0 radical (unpaired) electrons. The van der Waals surface area contributed by atoms with E-state index >= 15 is 0 Å². The van der Waals surface area contributed by atoms with E-state index in [-0.39, 0.29) is 16.7 Å². The molecule has 1 saturated carbocycles. The molecule has 1 aliphatic heterocycles. The monoisotopic (exact) mass is 384 g/mol. The lowest BCUT2D eigenvalue weighted by molar-refractivity contribution is -0.124. The van der Waals surface area contributed by atoms with Gasteiger partial charge in [-0.25, -0.2) is 8.42 Å². The molecule has 2 aromatic carbocycles. The van der Waals surface area contributed by atoms with E-state index in [4.69, 9.17) is 0 Å². The smallest absolute Gasteiger partial charge is 0.261 e. The maximum atomic E-state index is 12.9. The summed E-state index contributed by atoms with van der Waals surface area (Å²) in [6.45, 7) is 4.49. The Labute approximate surface area is 160 Å². The van der Waals surface area contributed by atoms with E-state index in [1.807, 2.05) is 30.9 Å². The van der Waals surface area contributed by atoms with Gasteiger partial charge in [-0.15, -0.1) is 0 Å². The van der Waals surface area contributed by atoms with Crippen LogP contribution in [0.5, 0.6) is 0 Å². The Morgan fingerprint density at radius 2 is 1.93 bits per heavy atom. The minimum atomic E-state index is -3.68. The lowest BCUT2D eigenvalue weighted by atomic mass is 9.84. The van der Waals surface area contributed by atoms with E-state index in [2.05, 4.69) is 4.72 Å². The Balaban J connectivity index is 1.60. The number of carbonyl (C=O) groups excluding carboxylic acids is 1. The summed E-state index contributed by atoms with van der Waals surface area (Å²) in [6, 6.07) is 10.6. The van der Waals surface area contributed by atoms with Crippen molar-refractivity contribution in [3.63, 3.8) is 0 Å². The SMILES string of the molecule is Cc1cccc(NS(=O)(=O)c2ccc3c(c2)CCN3C(=O)C2CCC2)c1C. The molecule has 6 heteroatoms. The van der Waals surface area contributed by atoms with Crippen molar-refractivity contribution in [3.8, 4) is 0 Å².